The Morgan fingerprint density at radius 2 is 2.31 bits per heavy atom. The van der Waals surface area contributed by atoms with Crippen LogP contribution in [0.3, 0.4) is 0 Å². The summed E-state index contributed by atoms with van der Waals surface area (Å²) in [6, 6.07) is 6.06. The third-order valence-corrected chi connectivity index (χ3v) is 3.38. The second-order valence-corrected chi connectivity index (χ2v) is 4.59. The van der Waals surface area contributed by atoms with Crippen LogP contribution < -0.4 is 10.9 Å². The summed E-state index contributed by atoms with van der Waals surface area (Å²) >= 11 is 0. The molecule has 1 N–H and O–H groups in total. The van der Waals surface area contributed by atoms with Crippen LogP contribution in [-0.2, 0) is 6.54 Å². The molecule has 1 fully saturated rings. The molecule has 2 rings (SSSR count). The van der Waals surface area contributed by atoms with Crippen molar-refractivity contribution < 1.29 is 0 Å². The number of piperidine rings is 1. The summed E-state index contributed by atoms with van der Waals surface area (Å²) in [6.45, 7) is 3.96. The summed E-state index contributed by atoms with van der Waals surface area (Å²) in [5, 5.41) is 3.51. The Morgan fingerprint density at radius 1 is 1.44 bits per heavy atom. The SMILES string of the molecule is Cc1cccc(=O)n1CCC1CCCCN1. The Balaban J connectivity index is 1.96. The summed E-state index contributed by atoms with van der Waals surface area (Å²) in [5.41, 5.74) is 1.18. The van der Waals surface area contributed by atoms with Crippen molar-refractivity contribution in [1.82, 2.24) is 9.88 Å². The molecule has 1 atom stereocenters. The first-order valence-corrected chi connectivity index (χ1v) is 6.17. The minimum atomic E-state index is 0.121. The van der Waals surface area contributed by atoms with E-state index in [1.807, 2.05) is 23.6 Å². The van der Waals surface area contributed by atoms with Gasteiger partial charge in [-0.05, 0) is 38.8 Å². The van der Waals surface area contributed by atoms with Gasteiger partial charge in [0, 0.05) is 24.3 Å². The first-order valence-electron chi connectivity index (χ1n) is 6.17. The van der Waals surface area contributed by atoms with Gasteiger partial charge in [-0.3, -0.25) is 4.79 Å². The predicted molar refractivity (Wildman–Crippen MR) is 65.7 cm³/mol. The van der Waals surface area contributed by atoms with Gasteiger partial charge in [0.15, 0.2) is 0 Å². The molecule has 0 aliphatic carbocycles. The molecular formula is C13H20N2O. The highest BCUT2D eigenvalue weighted by Gasteiger charge is 2.12. The lowest BCUT2D eigenvalue weighted by atomic mass is 10.0. The second kappa shape index (κ2) is 5.30. The largest absolute Gasteiger partial charge is 0.314 e. The van der Waals surface area contributed by atoms with Crippen LogP contribution in [0.4, 0.5) is 0 Å². The Labute approximate surface area is 96.5 Å². The van der Waals surface area contributed by atoms with Gasteiger partial charge in [-0.15, -0.1) is 0 Å². The lowest BCUT2D eigenvalue weighted by Crippen LogP contribution is -2.35. The monoisotopic (exact) mass is 220 g/mol. The van der Waals surface area contributed by atoms with E-state index in [-0.39, 0.29) is 5.56 Å². The van der Waals surface area contributed by atoms with Crippen molar-refractivity contribution >= 4 is 0 Å². The van der Waals surface area contributed by atoms with Crippen molar-refractivity contribution in [2.24, 2.45) is 0 Å². The lowest BCUT2D eigenvalue weighted by Gasteiger charge is -2.24. The third-order valence-electron chi connectivity index (χ3n) is 3.38. The number of aromatic nitrogens is 1. The van der Waals surface area contributed by atoms with Crippen LogP contribution in [0.25, 0.3) is 0 Å². The van der Waals surface area contributed by atoms with Gasteiger partial charge >= 0.3 is 0 Å². The fourth-order valence-corrected chi connectivity index (χ4v) is 2.37. The van der Waals surface area contributed by atoms with E-state index in [0.29, 0.717) is 6.04 Å². The molecule has 0 amide bonds. The molecule has 1 aliphatic heterocycles. The maximum absolute atomic E-state index is 11.7. The second-order valence-electron chi connectivity index (χ2n) is 4.59. The first kappa shape index (κ1) is 11.4. The maximum atomic E-state index is 11.7. The fourth-order valence-electron chi connectivity index (χ4n) is 2.37. The average molecular weight is 220 g/mol. The van der Waals surface area contributed by atoms with Crippen molar-refractivity contribution in [3.8, 4) is 0 Å². The number of hydrogen-bond acceptors (Lipinski definition) is 2. The molecule has 2 heterocycles. The first-order chi connectivity index (χ1) is 7.77. The van der Waals surface area contributed by atoms with Gasteiger partial charge in [-0.2, -0.15) is 0 Å². The van der Waals surface area contributed by atoms with Gasteiger partial charge in [-0.1, -0.05) is 12.5 Å². The minimum Gasteiger partial charge on any atom is -0.314 e. The Bertz CT molecular complexity index is 391. The zero-order valence-electron chi connectivity index (χ0n) is 9.91. The number of nitrogens with one attached hydrogen (secondary N) is 1. The average Bonchev–Trinajstić information content (AvgIpc) is 2.30. The van der Waals surface area contributed by atoms with Gasteiger partial charge in [0.05, 0.1) is 0 Å². The van der Waals surface area contributed by atoms with Crippen molar-refractivity contribution in [2.45, 2.75) is 45.2 Å². The fraction of sp³-hybridized carbons (Fsp3) is 0.615. The van der Waals surface area contributed by atoms with Crippen LogP contribution in [0.5, 0.6) is 0 Å². The number of pyridine rings is 1. The van der Waals surface area contributed by atoms with Crippen molar-refractivity contribution in [3.63, 3.8) is 0 Å². The van der Waals surface area contributed by atoms with Crippen molar-refractivity contribution in [2.75, 3.05) is 6.54 Å². The normalized spacial score (nSPS) is 20.9. The number of hydrogen-bond donors (Lipinski definition) is 1. The number of aryl methyl sites for hydroxylation is 1. The Morgan fingerprint density at radius 3 is 3.00 bits per heavy atom. The molecule has 16 heavy (non-hydrogen) atoms. The van der Waals surface area contributed by atoms with E-state index in [0.717, 1.165) is 25.2 Å². The van der Waals surface area contributed by atoms with Crippen molar-refractivity contribution in [1.29, 1.82) is 0 Å². The van der Waals surface area contributed by atoms with Crippen molar-refractivity contribution in [3.05, 3.63) is 34.2 Å². The van der Waals surface area contributed by atoms with E-state index < -0.39 is 0 Å². The highest BCUT2D eigenvalue weighted by atomic mass is 16.1. The molecular weight excluding hydrogens is 200 g/mol. The van der Waals surface area contributed by atoms with Gasteiger partial charge in [0.2, 0.25) is 0 Å². The zero-order valence-corrected chi connectivity index (χ0v) is 9.91. The molecule has 1 aromatic heterocycles. The lowest BCUT2D eigenvalue weighted by molar-refractivity contribution is 0.364. The van der Waals surface area contributed by atoms with Gasteiger partial charge in [0.1, 0.15) is 0 Å². The summed E-state index contributed by atoms with van der Waals surface area (Å²) in [5.74, 6) is 0. The van der Waals surface area contributed by atoms with Crippen LogP contribution in [0.2, 0.25) is 0 Å². The quantitative estimate of drug-likeness (QED) is 0.841. The van der Waals surface area contributed by atoms with E-state index in [2.05, 4.69) is 5.32 Å². The molecule has 0 saturated carbocycles. The maximum Gasteiger partial charge on any atom is 0.250 e. The zero-order chi connectivity index (χ0) is 11.4. The molecule has 0 spiro atoms. The molecule has 3 heteroatoms. The highest BCUT2D eigenvalue weighted by Crippen LogP contribution is 2.10. The summed E-state index contributed by atoms with van der Waals surface area (Å²) in [7, 11) is 0. The predicted octanol–water partition coefficient (Wildman–Crippen LogP) is 1.69. The number of rotatable bonds is 3. The molecule has 0 bridgehead atoms. The minimum absolute atomic E-state index is 0.121. The molecule has 1 saturated heterocycles. The summed E-state index contributed by atoms with van der Waals surface area (Å²) in [4.78, 5) is 11.7. The molecule has 88 valence electrons. The van der Waals surface area contributed by atoms with Crippen LogP contribution in [-0.4, -0.2) is 17.2 Å². The third kappa shape index (κ3) is 2.73. The standard InChI is InChI=1S/C13H20N2O/c1-11-5-4-7-13(16)15(11)10-8-12-6-2-3-9-14-12/h4-5,7,12,14H,2-3,6,8-10H2,1H3. The van der Waals surface area contributed by atoms with E-state index >= 15 is 0 Å². The van der Waals surface area contributed by atoms with Gasteiger partial charge < -0.3 is 9.88 Å². The Kier molecular flexibility index (Phi) is 3.78. The molecule has 0 radical (unpaired) electrons. The molecule has 1 aromatic rings. The van der Waals surface area contributed by atoms with E-state index in [4.69, 9.17) is 0 Å². The van der Waals surface area contributed by atoms with Crippen LogP contribution >= 0.6 is 0 Å². The molecule has 1 aliphatic rings. The van der Waals surface area contributed by atoms with Gasteiger partial charge in [-0.25, -0.2) is 0 Å². The van der Waals surface area contributed by atoms with E-state index in [9.17, 15) is 4.79 Å². The molecule has 0 aromatic carbocycles. The summed E-state index contributed by atoms with van der Waals surface area (Å²) in [6.07, 6.45) is 4.92. The molecule has 1 unspecified atom stereocenters. The molecule has 3 nitrogen and oxygen atoms in total. The van der Waals surface area contributed by atoms with Crippen LogP contribution in [0.1, 0.15) is 31.4 Å². The van der Waals surface area contributed by atoms with Gasteiger partial charge in [0.25, 0.3) is 5.56 Å². The highest BCUT2D eigenvalue weighted by molar-refractivity contribution is 5.04. The number of nitrogens with zero attached hydrogens (tertiary/aromatic N) is 1. The Hall–Kier alpha value is -1.09. The topological polar surface area (TPSA) is 34.0 Å². The summed E-state index contributed by atoms with van der Waals surface area (Å²) < 4.78 is 1.87. The van der Waals surface area contributed by atoms with E-state index in [1.165, 1.54) is 19.3 Å². The smallest absolute Gasteiger partial charge is 0.250 e. The van der Waals surface area contributed by atoms with Crippen LogP contribution in [0.15, 0.2) is 23.0 Å². The van der Waals surface area contributed by atoms with E-state index in [1.54, 1.807) is 6.07 Å². The van der Waals surface area contributed by atoms with Crippen LogP contribution in [0, 0.1) is 6.92 Å².